The molecule has 0 bridgehead atoms. The lowest BCUT2D eigenvalue weighted by Gasteiger charge is -2.09. The van der Waals surface area contributed by atoms with Gasteiger partial charge in [-0.3, -0.25) is 0 Å². The fourth-order valence-electron chi connectivity index (χ4n) is 1.19. The molecule has 0 saturated heterocycles. The molecule has 80 valence electrons. The summed E-state index contributed by atoms with van der Waals surface area (Å²) in [6.07, 6.45) is 0.241. The summed E-state index contributed by atoms with van der Waals surface area (Å²) in [5, 5.41) is 17.7. The molecule has 0 heterocycles. The van der Waals surface area contributed by atoms with Crippen molar-refractivity contribution in [3.8, 4) is 17.6 Å². The average Bonchev–Trinajstić information content (AvgIpc) is 2.23. The second-order valence-corrected chi connectivity index (χ2v) is 3.24. The summed E-state index contributed by atoms with van der Waals surface area (Å²) in [5.41, 5.74) is 0.0438. The smallest absolute Gasteiger partial charge is 0.152 e. The number of phenols is 1. The van der Waals surface area contributed by atoms with Crippen molar-refractivity contribution < 1.29 is 14.2 Å². The van der Waals surface area contributed by atoms with Gasteiger partial charge in [-0.15, -0.1) is 0 Å². The molecule has 15 heavy (non-hydrogen) atoms. The van der Waals surface area contributed by atoms with E-state index in [0.29, 0.717) is 0 Å². The first-order valence-electron chi connectivity index (χ1n) is 4.22. The Bertz CT molecular complexity index is 415. The van der Waals surface area contributed by atoms with Gasteiger partial charge in [-0.25, -0.2) is 4.39 Å². The highest BCUT2D eigenvalue weighted by molar-refractivity contribution is 6.32. The SMILES string of the molecule is COc1cc(O)c(CCC#N)c(F)c1Cl. The first-order chi connectivity index (χ1) is 7.11. The number of aromatic hydroxyl groups is 1. The highest BCUT2D eigenvalue weighted by Crippen LogP contribution is 2.35. The Morgan fingerprint density at radius 1 is 1.67 bits per heavy atom. The van der Waals surface area contributed by atoms with E-state index in [1.54, 1.807) is 0 Å². The predicted molar refractivity (Wildman–Crippen MR) is 53.6 cm³/mol. The zero-order valence-electron chi connectivity index (χ0n) is 8.05. The Hall–Kier alpha value is -1.47. The number of benzene rings is 1. The lowest BCUT2D eigenvalue weighted by Crippen LogP contribution is -1.95. The van der Waals surface area contributed by atoms with Crippen molar-refractivity contribution in [1.82, 2.24) is 0 Å². The van der Waals surface area contributed by atoms with Crippen molar-refractivity contribution in [1.29, 1.82) is 5.26 Å². The Morgan fingerprint density at radius 2 is 2.33 bits per heavy atom. The monoisotopic (exact) mass is 229 g/mol. The number of phenolic OH excluding ortho intramolecular Hbond substituents is 1. The molecule has 0 aliphatic heterocycles. The van der Waals surface area contributed by atoms with E-state index in [1.807, 2.05) is 6.07 Å². The minimum atomic E-state index is -0.733. The van der Waals surface area contributed by atoms with Gasteiger partial charge in [-0.05, 0) is 6.42 Å². The quantitative estimate of drug-likeness (QED) is 0.867. The van der Waals surface area contributed by atoms with Crippen LogP contribution >= 0.6 is 11.6 Å². The summed E-state index contributed by atoms with van der Waals surface area (Å²) in [4.78, 5) is 0. The van der Waals surface area contributed by atoms with Crippen LogP contribution in [0.3, 0.4) is 0 Å². The van der Waals surface area contributed by atoms with E-state index in [1.165, 1.54) is 13.2 Å². The van der Waals surface area contributed by atoms with Gasteiger partial charge in [0.2, 0.25) is 0 Å². The molecule has 0 saturated carbocycles. The van der Waals surface area contributed by atoms with Gasteiger partial charge < -0.3 is 9.84 Å². The van der Waals surface area contributed by atoms with E-state index < -0.39 is 5.82 Å². The summed E-state index contributed by atoms with van der Waals surface area (Å²) in [5.74, 6) is -0.903. The van der Waals surface area contributed by atoms with Gasteiger partial charge in [0.25, 0.3) is 0 Å². The zero-order chi connectivity index (χ0) is 11.4. The van der Waals surface area contributed by atoms with Crippen LogP contribution < -0.4 is 4.74 Å². The van der Waals surface area contributed by atoms with Gasteiger partial charge in [0.05, 0.1) is 13.2 Å². The van der Waals surface area contributed by atoms with Crippen LogP contribution in [0, 0.1) is 17.1 Å². The minimum absolute atomic E-state index is 0.0438. The lowest BCUT2D eigenvalue weighted by atomic mass is 10.1. The van der Waals surface area contributed by atoms with Crippen LogP contribution in [-0.4, -0.2) is 12.2 Å². The van der Waals surface area contributed by atoms with E-state index >= 15 is 0 Å². The van der Waals surface area contributed by atoms with E-state index in [4.69, 9.17) is 21.6 Å². The minimum Gasteiger partial charge on any atom is -0.507 e. The van der Waals surface area contributed by atoms with E-state index in [0.717, 1.165) is 0 Å². The summed E-state index contributed by atoms with van der Waals surface area (Å²) < 4.78 is 18.3. The third kappa shape index (κ3) is 2.31. The molecule has 1 aromatic carbocycles. The van der Waals surface area contributed by atoms with Crippen molar-refractivity contribution in [2.45, 2.75) is 12.8 Å². The number of ether oxygens (including phenoxy) is 1. The maximum absolute atomic E-state index is 13.6. The number of nitriles is 1. The molecular formula is C10H9ClFNO2. The molecule has 0 atom stereocenters. The van der Waals surface area contributed by atoms with Crippen LogP contribution in [0.1, 0.15) is 12.0 Å². The third-order valence-electron chi connectivity index (χ3n) is 1.96. The van der Waals surface area contributed by atoms with Crippen molar-refractivity contribution in [3.63, 3.8) is 0 Å². The van der Waals surface area contributed by atoms with Crippen molar-refractivity contribution in [2.75, 3.05) is 7.11 Å². The molecule has 0 spiro atoms. The number of halogens is 2. The maximum atomic E-state index is 13.6. The molecule has 1 aromatic rings. The van der Waals surface area contributed by atoms with Crippen molar-refractivity contribution in [3.05, 3.63) is 22.5 Å². The Kier molecular flexibility index (Phi) is 3.75. The van der Waals surface area contributed by atoms with Gasteiger partial charge in [0.15, 0.2) is 5.82 Å². The third-order valence-corrected chi connectivity index (χ3v) is 2.31. The summed E-state index contributed by atoms with van der Waals surface area (Å²) in [6, 6.07) is 3.10. The van der Waals surface area contributed by atoms with Gasteiger partial charge in [0, 0.05) is 18.1 Å². The molecule has 0 aliphatic rings. The number of hydrogen-bond donors (Lipinski definition) is 1. The highest BCUT2D eigenvalue weighted by atomic mass is 35.5. The van der Waals surface area contributed by atoms with Crippen LogP contribution in [0.25, 0.3) is 0 Å². The van der Waals surface area contributed by atoms with Crippen LogP contribution in [0.4, 0.5) is 4.39 Å². The van der Waals surface area contributed by atoms with Crippen molar-refractivity contribution in [2.24, 2.45) is 0 Å². The first-order valence-corrected chi connectivity index (χ1v) is 4.60. The van der Waals surface area contributed by atoms with E-state index in [2.05, 4.69) is 0 Å². The molecule has 0 aliphatic carbocycles. The summed E-state index contributed by atoms with van der Waals surface area (Å²) in [6.45, 7) is 0. The molecule has 1 N–H and O–H groups in total. The van der Waals surface area contributed by atoms with Gasteiger partial charge >= 0.3 is 0 Å². The number of rotatable bonds is 3. The van der Waals surface area contributed by atoms with Crippen LogP contribution in [0.15, 0.2) is 6.07 Å². The molecule has 0 aromatic heterocycles. The molecule has 0 amide bonds. The second-order valence-electron chi connectivity index (χ2n) is 2.86. The average molecular weight is 230 g/mol. The molecule has 0 fully saturated rings. The number of nitrogens with zero attached hydrogens (tertiary/aromatic N) is 1. The molecule has 3 nitrogen and oxygen atoms in total. The Morgan fingerprint density at radius 3 is 2.87 bits per heavy atom. The lowest BCUT2D eigenvalue weighted by molar-refractivity contribution is 0.400. The zero-order valence-corrected chi connectivity index (χ0v) is 8.81. The second kappa shape index (κ2) is 4.85. The fraction of sp³-hybridized carbons (Fsp3) is 0.300. The van der Waals surface area contributed by atoms with E-state index in [9.17, 15) is 9.50 Å². The predicted octanol–water partition coefficient (Wildman–Crippen LogP) is 2.65. The molecule has 1 rings (SSSR count). The van der Waals surface area contributed by atoms with Gasteiger partial charge in [-0.2, -0.15) is 5.26 Å². The van der Waals surface area contributed by atoms with Gasteiger partial charge in [0.1, 0.15) is 16.5 Å². The number of methoxy groups -OCH3 is 1. The molecule has 0 radical (unpaired) electrons. The Balaban J connectivity index is 3.18. The van der Waals surface area contributed by atoms with Crippen LogP contribution in [-0.2, 0) is 6.42 Å². The Labute approximate surface area is 91.7 Å². The molecule has 0 unspecified atom stereocenters. The summed E-state index contributed by atoms with van der Waals surface area (Å²) in [7, 11) is 1.33. The maximum Gasteiger partial charge on any atom is 0.152 e. The topological polar surface area (TPSA) is 53.2 Å². The molecular weight excluding hydrogens is 221 g/mol. The fourth-order valence-corrected chi connectivity index (χ4v) is 1.44. The standard InChI is InChI=1S/C10H9ClFNO2/c1-15-8-5-7(14)6(3-2-4-13)10(12)9(8)11/h5,14H,2-3H2,1H3. The van der Waals surface area contributed by atoms with Crippen molar-refractivity contribution >= 4 is 11.6 Å². The molecule has 5 heteroatoms. The van der Waals surface area contributed by atoms with Crippen LogP contribution in [0.2, 0.25) is 5.02 Å². The van der Waals surface area contributed by atoms with Crippen LogP contribution in [0.5, 0.6) is 11.5 Å². The largest absolute Gasteiger partial charge is 0.507 e. The summed E-state index contributed by atoms with van der Waals surface area (Å²) >= 11 is 5.66. The highest BCUT2D eigenvalue weighted by Gasteiger charge is 2.16. The van der Waals surface area contributed by atoms with Gasteiger partial charge in [-0.1, -0.05) is 11.6 Å². The normalized spacial score (nSPS) is 9.73. The van der Waals surface area contributed by atoms with E-state index in [-0.39, 0.29) is 34.9 Å². The number of hydrogen-bond acceptors (Lipinski definition) is 3. The first kappa shape index (κ1) is 11.6.